The number of hydrogen-bond acceptors (Lipinski definition) is 7. The molecule has 1 aromatic rings. The molecule has 1 unspecified atom stereocenters. The van der Waals surface area contributed by atoms with Crippen LogP contribution in [0.2, 0.25) is 0 Å². The van der Waals surface area contributed by atoms with Crippen molar-refractivity contribution in [2.45, 2.75) is 31.9 Å². The second-order valence-electron chi connectivity index (χ2n) is 6.01. The van der Waals surface area contributed by atoms with Gasteiger partial charge < -0.3 is 29.6 Å². The van der Waals surface area contributed by atoms with Gasteiger partial charge in [0.1, 0.15) is 6.54 Å². The molecule has 0 aliphatic heterocycles. The molecule has 2 N–H and O–H groups in total. The molecule has 9 nitrogen and oxygen atoms in total. The second-order valence-corrected chi connectivity index (χ2v) is 6.01. The number of nitrogens with one attached hydrogen (secondary N) is 2. The molecule has 1 fully saturated rings. The van der Waals surface area contributed by atoms with E-state index in [2.05, 4.69) is 10.6 Å². The molecular weight excluding hydrogens is 356 g/mol. The lowest BCUT2D eigenvalue weighted by Gasteiger charge is -2.15. The number of carbonyl (C=O) groups is 3. The maximum absolute atomic E-state index is 12.3. The molecule has 1 aliphatic rings. The lowest BCUT2D eigenvalue weighted by atomic mass is 10.1. The third-order valence-corrected chi connectivity index (χ3v) is 3.92. The number of esters is 1. The number of amides is 2. The molecule has 0 bridgehead atoms. The molecule has 1 aromatic carbocycles. The first-order valence-electron chi connectivity index (χ1n) is 8.47. The molecule has 1 atom stereocenters. The topological polar surface area (TPSA) is 112 Å². The fourth-order valence-corrected chi connectivity index (χ4v) is 2.31. The van der Waals surface area contributed by atoms with Crippen LogP contribution >= 0.6 is 0 Å². The van der Waals surface area contributed by atoms with Crippen LogP contribution in [0.5, 0.6) is 17.2 Å². The van der Waals surface area contributed by atoms with E-state index in [0.717, 1.165) is 12.8 Å². The van der Waals surface area contributed by atoms with E-state index < -0.39 is 18.0 Å². The monoisotopic (exact) mass is 380 g/mol. The van der Waals surface area contributed by atoms with Gasteiger partial charge in [-0.2, -0.15) is 0 Å². The molecule has 9 heteroatoms. The normalized spacial score (nSPS) is 13.9. The minimum Gasteiger partial charge on any atom is -0.493 e. The Kier molecular flexibility index (Phi) is 6.86. The second kappa shape index (κ2) is 9.11. The van der Waals surface area contributed by atoms with E-state index in [1.165, 1.54) is 40.4 Å². The lowest BCUT2D eigenvalue weighted by Crippen LogP contribution is -2.39. The molecule has 0 heterocycles. The maximum atomic E-state index is 12.3. The Morgan fingerprint density at radius 1 is 1.07 bits per heavy atom. The number of methoxy groups -OCH3 is 3. The van der Waals surface area contributed by atoms with E-state index in [1.807, 2.05) is 0 Å². The summed E-state index contributed by atoms with van der Waals surface area (Å²) in [5.41, 5.74) is 0.219. The Morgan fingerprint density at radius 2 is 1.67 bits per heavy atom. The standard InChI is InChI=1S/C18H24N2O7/c1-10(17(22)20-12-5-6-12)27-15(21)9-19-18(23)11-7-13(24-2)16(26-4)14(8-11)25-3/h7-8,10,12H,5-6,9H2,1-4H3,(H,19,23)(H,20,22). The van der Waals surface area contributed by atoms with Gasteiger partial charge in [-0.05, 0) is 31.9 Å². The average molecular weight is 380 g/mol. The van der Waals surface area contributed by atoms with Crippen molar-refractivity contribution in [3.63, 3.8) is 0 Å². The highest BCUT2D eigenvalue weighted by molar-refractivity contribution is 5.97. The Bertz CT molecular complexity index is 691. The molecule has 1 aliphatic carbocycles. The Morgan fingerprint density at radius 3 is 2.15 bits per heavy atom. The van der Waals surface area contributed by atoms with Gasteiger partial charge in [-0.25, -0.2) is 0 Å². The lowest BCUT2D eigenvalue weighted by molar-refractivity contribution is -0.153. The van der Waals surface area contributed by atoms with E-state index in [-0.39, 0.29) is 24.1 Å². The molecule has 1 saturated carbocycles. The summed E-state index contributed by atoms with van der Waals surface area (Å²) in [6, 6.07) is 3.11. The van der Waals surface area contributed by atoms with Crippen LogP contribution in [0.1, 0.15) is 30.1 Å². The van der Waals surface area contributed by atoms with E-state index in [0.29, 0.717) is 17.2 Å². The summed E-state index contributed by atoms with van der Waals surface area (Å²) >= 11 is 0. The highest BCUT2D eigenvalue weighted by atomic mass is 16.5. The summed E-state index contributed by atoms with van der Waals surface area (Å²) in [6.07, 6.45) is 0.963. The van der Waals surface area contributed by atoms with Crippen LogP contribution < -0.4 is 24.8 Å². The first-order valence-corrected chi connectivity index (χ1v) is 8.47. The molecule has 2 rings (SSSR count). The van der Waals surface area contributed by atoms with Gasteiger partial charge in [0.25, 0.3) is 11.8 Å². The number of carbonyl (C=O) groups excluding carboxylic acids is 3. The Labute approximate surface area is 157 Å². The van der Waals surface area contributed by atoms with Gasteiger partial charge in [0, 0.05) is 11.6 Å². The smallest absolute Gasteiger partial charge is 0.326 e. The summed E-state index contributed by atoms with van der Waals surface area (Å²) in [5.74, 6) is -0.603. The van der Waals surface area contributed by atoms with Crippen molar-refractivity contribution in [3.8, 4) is 17.2 Å². The molecule has 27 heavy (non-hydrogen) atoms. The minimum absolute atomic E-state index is 0.179. The van der Waals surface area contributed by atoms with Crippen molar-refractivity contribution < 1.29 is 33.3 Å². The van der Waals surface area contributed by atoms with E-state index in [9.17, 15) is 14.4 Å². The van der Waals surface area contributed by atoms with Crippen LogP contribution in [0.3, 0.4) is 0 Å². The van der Waals surface area contributed by atoms with E-state index in [1.54, 1.807) is 0 Å². The number of benzene rings is 1. The Balaban J connectivity index is 1.92. The van der Waals surface area contributed by atoms with Crippen LogP contribution in [0.15, 0.2) is 12.1 Å². The van der Waals surface area contributed by atoms with Crippen molar-refractivity contribution in [1.82, 2.24) is 10.6 Å². The number of ether oxygens (including phenoxy) is 4. The van der Waals surface area contributed by atoms with Crippen LogP contribution in [0.25, 0.3) is 0 Å². The third kappa shape index (κ3) is 5.50. The number of hydrogen-bond donors (Lipinski definition) is 2. The van der Waals surface area contributed by atoms with Gasteiger partial charge in [0.15, 0.2) is 17.6 Å². The molecular formula is C18H24N2O7. The Hall–Kier alpha value is -2.97. The molecule has 0 saturated heterocycles. The summed E-state index contributed by atoms with van der Waals surface area (Å²) in [5, 5.41) is 5.18. The first-order chi connectivity index (χ1) is 12.9. The number of rotatable bonds is 9. The predicted molar refractivity (Wildman–Crippen MR) is 95.1 cm³/mol. The average Bonchev–Trinajstić information content (AvgIpc) is 3.48. The zero-order valence-electron chi connectivity index (χ0n) is 15.8. The van der Waals surface area contributed by atoms with Crippen molar-refractivity contribution in [2.24, 2.45) is 0 Å². The van der Waals surface area contributed by atoms with Gasteiger partial charge in [0.05, 0.1) is 21.3 Å². The molecule has 0 radical (unpaired) electrons. The third-order valence-electron chi connectivity index (χ3n) is 3.92. The quantitative estimate of drug-likeness (QED) is 0.605. The van der Waals surface area contributed by atoms with E-state index >= 15 is 0 Å². The van der Waals surface area contributed by atoms with Crippen LogP contribution in [-0.2, 0) is 14.3 Å². The maximum Gasteiger partial charge on any atom is 0.326 e. The summed E-state index contributed by atoms with van der Waals surface area (Å²) in [7, 11) is 4.32. The fourth-order valence-electron chi connectivity index (χ4n) is 2.31. The largest absolute Gasteiger partial charge is 0.493 e. The fraction of sp³-hybridized carbons (Fsp3) is 0.500. The summed E-state index contributed by atoms with van der Waals surface area (Å²) in [6.45, 7) is 1.10. The molecule has 0 spiro atoms. The predicted octanol–water partition coefficient (Wildman–Crippen LogP) is 0.653. The van der Waals surface area contributed by atoms with Gasteiger partial charge in [-0.15, -0.1) is 0 Å². The van der Waals surface area contributed by atoms with Crippen molar-refractivity contribution >= 4 is 17.8 Å². The van der Waals surface area contributed by atoms with Crippen LogP contribution in [0, 0.1) is 0 Å². The zero-order chi connectivity index (χ0) is 20.0. The van der Waals surface area contributed by atoms with Crippen molar-refractivity contribution in [2.75, 3.05) is 27.9 Å². The van der Waals surface area contributed by atoms with Crippen LogP contribution in [0.4, 0.5) is 0 Å². The first kappa shape index (κ1) is 20.3. The highest BCUT2D eigenvalue weighted by Gasteiger charge is 2.27. The molecule has 0 aromatic heterocycles. The van der Waals surface area contributed by atoms with Gasteiger partial charge >= 0.3 is 5.97 Å². The van der Waals surface area contributed by atoms with Crippen molar-refractivity contribution in [3.05, 3.63) is 17.7 Å². The minimum atomic E-state index is -0.920. The molecule has 148 valence electrons. The molecule has 2 amide bonds. The van der Waals surface area contributed by atoms with E-state index in [4.69, 9.17) is 18.9 Å². The van der Waals surface area contributed by atoms with Crippen molar-refractivity contribution in [1.29, 1.82) is 0 Å². The summed E-state index contributed by atoms with van der Waals surface area (Å²) in [4.78, 5) is 35.9. The zero-order valence-corrected chi connectivity index (χ0v) is 15.8. The van der Waals surface area contributed by atoms with Gasteiger partial charge in [0.2, 0.25) is 5.75 Å². The SMILES string of the molecule is COc1cc(C(=O)NCC(=O)OC(C)C(=O)NC2CC2)cc(OC)c1OC. The summed E-state index contributed by atoms with van der Waals surface area (Å²) < 4.78 is 20.6. The van der Waals surface area contributed by atoms with Crippen LogP contribution in [-0.4, -0.2) is 57.8 Å². The van der Waals surface area contributed by atoms with Gasteiger partial charge in [-0.1, -0.05) is 0 Å². The van der Waals surface area contributed by atoms with Gasteiger partial charge in [-0.3, -0.25) is 14.4 Å². The highest BCUT2D eigenvalue weighted by Crippen LogP contribution is 2.38.